The highest BCUT2D eigenvalue weighted by molar-refractivity contribution is 6.32. The highest BCUT2D eigenvalue weighted by Crippen LogP contribution is 2.39. The predicted molar refractivity (Wildman–Crippen MR) is 110 cm³/mol. The second-order valence-electron chi connectivity index (χ2n) is 7.17. The van der Waals surface area contributed by atoms with Crippen LogP contribution in [-0.4, -0.2) is 34.2 Å². The lowest BCUT2D eigenvalue weighted by Crippen LogP contribution is -2.32. The number of alkyl halides is 3. The van der Waals surface area contributed by atoms with Crippen LogP contribution in [0.2, 0.25) is 5.02 Å². The summed E-state index contributed by atoms with van der Waals surface area (Å²) in [6.45, 7) is 0.413. The standard InChI is InChI=1S/C22H19ClF3N3O2/c1-31-19-11-5-2-7-14(19)16-10-6-12-28(16)21(30)18-13-20(22(24,25)26)27-29(18)17-9-4-3-8-15(17)23/h2-5,7-9,11,13,16H,6,10,12H2,1H3. The summed E-state index contributed by atoms with van der Waals surface area (Å²) in [4.78, 5) is 15.1. The Hall–Kier alpha value is -3.00. The van der Waals surface area contributed by atoms with Crippen molar-refractivity contribution in [3.05, 3.63) is 76.6 Å². The van der Waals surface area contributed by atoms with Crippen molar-refractivity contribution in [2.45, 2.75) is 25.1 Å². The number of likely N-dealkylation sites (tertiary alicyclic amines) is 1. The number of amides is 1. The summed E-state index contributed by atoms with van der Waals surface area (Å²) >= 11 is 6.20. The molecule has 1 aliphatic rings. The summed E-state index contributed by atoms with van der Waals surface area (Å²) < 4.78 is 46.7. The number of ether oxygens (including phenoxy) is 1. The molecule has 1 unspecified atom stereocenters. The van der Waals surface area contributed by atoms with E-state index in [9.17, 15) is 18.0 Å². The molecule has 2 heterocycles. The quantitative estimate of drug-likeness (QED) is 0.526. The van der Waals surface area contributed by atoms with Gasteiger partial charge in [0.1, 0.15) is 11.4 Å². The van der Waals surface area contributed by atoms with E-state index in [1.807, 2.05) is 18.2 Å². The van der Waals surface area contributed by atoms with Crippen molar-refractivity contribution in [2.75, 3.05) is 13.7 Å². The first-order chi connectivity index (χ1) is 14.8. The molecule has 0 bridgehead atoms. The van der Waals surface area contributed by atoms with E-state index >= 15 is 0 Å². The third-order valence-electron chi connectivity index (χ3n) is 5.31. The van der Waals surface area contributed by atoms with Gasteiger partial charge in [-0.25, -0.2) is 4.68 Å². The minimum Gasteiger partial charge on any atom is -0.496 e. The highest BCUT2D eigenvalue weighted by atomic mass is 35.5. The fourth-order valence-electron chi connectivity index (χ4n) is 3.90. The molecule has 1 atom stereocenters. The molecular weight excluding hydrogens is 431 g/mol. The van der Waals surface area contributed by atoms with Gasteiger partial charge in [-0.1, -0.05) is 41.9 Å². The number of halogens is 4. The van der Waals surface area contributed by atoms with Gasteiger partial charge < -0.3 is 9.64 Å². The van der Waals surface area contributed by atoms with Crippen LogP contribution in [0.3, 0.4) is 0 Å². The van der Waals surface area contributed by atoms with E-state index < -0.39 is 17.8 Å². The van der Waals surface area contributed by atoms with Crippen LogP contribution >= 0.6 is 11.6 Å². The van der Waals surface area contributed by atoms with Crippen LogP contribution in [-0.2, 0) is 6.18 Å². The highest BCUT2D eigenvalue weighted by Gasteiger charge is 2.39. The molecule has 1 amide bonds. The molecule has 0 radical (unpaired) electrons. The Bertz CT molecular complexity index is 1110. The minimum absolute atomic E-state index is 0.191. The van der Waals surface area contributed by atoms with E-state index in [1.54, 1.807) is 30.2 Å². The van der Waals surface area contributed by atoms with E-state index in [2.05, 4.69) is 5.10 Å². The van der Waals surface area contributed by atoms with Gasteiger partial charge in [-0.3, -0.25) is 4.79 Å². The van der Waals surface area contributed by atoms with Crippen molar-refractivity contribution >= 4 is 17.5 Å². The summed E-state index contributed by atoms with van der Waals surface area (Å²) in [5, 5.41) is 3.86. The van der Waals surface area contributed by atoms with E-state index in [1.165, 1.54) is 12.1 Å². The van der Waals surface area contributed by atoms with Crippen LogP contribution in [0.15, 0.2) is 54.6 Å². The molecule has 162 valence electrons. The molecule has 0 saturated carbocycles. The molecule has 1 saturated heterocycles. The Labute approximate surface area is 182 Å². The number of aromatic nitrogens is 2. The minimum atomic E-state index is -4.70. The van der Waals surface area contributed by atoms with Crippen molar-refractivity contribution in [1.82, 2.24) is 14.7 Å². The van der Waals surface area contributed by atoms with E-state index in [-0.39, 0.29) is 22.4 Å². The molecule has 9 heteroatoms. The lowest BCUT2D eigenvalue weighted by atomic mass is 10.0. The molecule has 0 spiro atoms. The number of carbonyl (C=O) groups excluding carboxylic acids is 1. The molecule has 1 fully saturated rings. The second kappa shape index (κ2) is 8.26. The molecule has 5 nitrogen and oxygen atoms in total. The smallest absolute Gasteiger partial charge is 0.435 e. The molecule has 31 heavy (non-hydrogen) atoms. The summed E-state index contributed by atoms with van der Waals surface area (Å²) in [5.41, 5.74) is -0.321. The number of benzene rings is 2. The van der Waals surface area contributed by atoms with E-state index in [0.29, 0.717) is 18.7 Å². The fraction of sp³-hybridized carbons (Fsp3) is 0.273. The molecule has 0 N–H and O–H groups in total. The number of hydrogen-bond acceptors (Lipinski definition) is 3. The average molecular weight is 450 g/mol. The summed E-state index contributed by atoms with van der Waals surface area (Å²) in [6.07, 6.45) is -3.30. The molecule has 3 aromatic rings. The van der Waals surface area contributed by atoms with Crippen molar-refractivity contribution in [1.29, 1.82) is 0 Å². The van der Waals surface area contributed by atoms with Gasteiger partial charge in [-0.05, 0) is 31.0 Å². The fourth-order valence-corrected chi connectivity index (χ4v) is 4.12. The Balaban J connectivity index is 1.79. The van der Waals surface area contributed by atoms with Gasteiger partial charge in [0.25, 0.3) is 5.91 Å². The SMILES string of the molecule is COc1ccccc1C1CCCN1C(=O)c1cc(C(F)(F)F)nn1-c1ccccc1Cl. The summed E-state index contributed by atoms with van der Waals surface area (Å²) in [7, 11) is 1.54. The van der Waals surface area contributed by atoms with Crippen molar-refractivity contribution in [2.24, 2.45) is 0 Å². The Morgan fingerprint density at radius 1 is 1.16 bits per heavy atom. The maximum atomic E-state index is 13.5. The second-order valence-corrected chi connectivity index (χ2v) is 7.58. The summed E-state index contributed by atoms with van der Waals surface area (Å²) in [5.74, 6) is 0.0825. The Kier molecular flexibility index (Phi) is 5.66. The normalized spacial score (nSPS) is 16.5. The largest absolute Gasteiger partial charge is 0.496 e. The Morgan fingerprint density at radius 2 is 1.87 bits per heavy atom. The molecule has 1 aromatic heterocycles. The zero-order chi connectivity index (χ0) is 22.2. The monoisotopic (exact) mass is 449 g/mol. The van der Waals surface area contributed by atoms with Crippen LogP contribution < -0.4 is 4.74 Å². The van der Waals surface area contributed by atoms with Gasteiger partial charge in [0.05, 0.1) is 23.9 Å². The van der Waals surface area contributed by atoms with Gasteiger partial charge in [0.15, 0.2) is 5.69 Å². The van der Waals surface area contributed by atoms with Gasteiger partial charge in [0, 0.05) is 18.2 Å². The number of para-hydroxylation sites is 2. The zero-order valence-electron chi connectivity index (χ0n) is 16.6. The van der Waals surface area contributed by atoms with Gasteiger partial charge >= 0.3 is 6.18 Å². The third-order valence-corrected chi connectivity index (χ3v) is 5.63. The first-order valence-corrected chi connectivity index (χ1v) is 10.0. The number of nitrogens with zero attached hydrogens (tertiary/aromatic N) is 3. The van der Waals surface area contributed by atoms with E-state index in [0.717, 1.165) is 22.7 Å². The van der Waals surface area contributed by atoms with Crippen molar-refractivity contribution in [3.8, 4) is 11.4 Å². The van der Waals surface area contributed by atoms with Crippen LogP contribution in [0.1, 0.15) is 40.6 Å². The van der Waals surface area contributed by atoms with Crippen molar-refractivity contribution < 1.29 is 22.7 Å². The van der Waals surface area contributed by atoms with Gasteiger partial charge in [0.2, 0.25) is 0 Å². The summed E-state index contributed by atoms with van der Waals surface area (Å²) in [6, 6.07) is 14.1. The van der Waals surface area contributed by atoms with Crippen molar-refractivity contribution in [3.63, 3.8) is 0 Å². The van der Waals surface area contributed by atoms with Crippen LogP contribution in [0.4, 0.5) is 13.2 Å². The molecular formula is C22H19ClF3N3O2. The maximum Gasteiger partial charge on any atom is 0.435 e. The zero-order valence-corrected chi connectivity index (χ0v) is 17.3. The van der Waals surface area contributed by atoms with Crippen LogP contribution in [0.5, 0.6) is 5.75 Å². The number of methoxy groups -OCH3 is 1. The molecule has 1 aliphatic heterocycles. The van der Waals surface area contributed by atoms with Crippen LogP contribution in [0, 0.1) is 0 Å². The topological polar surface area (TPSA) is 47.4 Å². The Morgan fingerprint density at radius 3 is 2.58 bits per heavy atom. The molecule has 2 aromatic carbocycles. The average Bonchev–Trinajstić information content (AvgIpc) is 3.41. The van der Waals surface area contributed by atoms with Gasteiger partial charge in [-0.15, -0.1) is 0 Å². The first kappa shape index (κ1) is 21.2. The molecule has 0 aliphatic carbocycles. The number of carbonyl (C=O) groups is 1. The first-order valence-electron chi connectivity index (χ1n) is 9.67. The lowest BCUT2D eigenvalue weighted by Gasteiger charge is -2.26. The lowest BCUT2D eigenvalue weighted by molar-refractivity contribution is -0.141. The number of hydrogen-bond donors (Lipinski definition) is 0. The maximum absolute atomic E-state index is 13.5. The van der Waals surface area contributed by atoms with Crippen LogP contribution in [0.25, 0.3) is 5.69 Å². The van der Waals surface area contributed by atoms with E-state index in [4.69, 9.17) is 16.3 Å². The third kappa shape index (κ3) is 3.99. The number of rotatable bonds is 4. The van der Waals surface area contributed by atoms with Gasteiger partial charge in [-0.2, -0.15) is 18.3 Å². The molecule has 4 rings (SSSR count). The predicted octanol–water partition coefficient (Wildman–Crippen LogP) is 5.53.